The van der Waals surface area contributed by atoms with Crippen LogP contribution in [0.25, 0.3) is 0 Å². The summed E-state index contributed by atoms with van der Waals surface area (Å²) in [6, 6.07) is 8.82. The lowest BCUT2D eigenvalue weighted by Gasteiger charge is -2.53. The molecule has 118 valence electrons. The van der Waals surface area contributed by atoms with Gasteiger partial charge in [-0.1, -0.05) is 32.0 Å². The van der Waals surface area contributed by atoms with Gasteiger partial charge >= 0.3 is 0 Å². The molecule has 1 aliphatic rings. The summed E-state index contributed by atoms with van der Waals surface area (Å²) in [6.45, 7) is 8.49. The number of benzene rings is 1. The monoisotopic (exact) mass is 291 g/mol. The maximum atomic E-state index is 5.86. The number of hydrogen-bond acceptors (Lipinski definition) is 3. The Balaban J connectivity index is 1.84. The molecule has 0 spiro atoms. The number of ether oxygens (including phenoxy) is 2. The van der Waals surface area contributed by atoms with Crippen LogP contribution >= 0.6 is 0 Å². The van der Waals surface area contributed by atoms with Gasteiger partial charge in [0.15, 0.2) is 0 Å². The predicted molar refractivity (Wildman–Crippen MR) is 86.9 cm³/mol. The lowest BCUT2D eigenvalue weighted by molar-refractivity contribution is -0.125. The van der Waals surface area contributed by atoms with Crippen LogP contribution in [0.3, 0.4) is 0 Å². The molecule has 3 nitrogen and oxygen atoms in total. The normalized spacial score (nSPS) is 28.2. The van der Waals surface area contributed by atoms with Gasteiger partial charge < -0.3 is 14.8 Å². The molecule has 2 rings (SSSR count). The zero-order valence-corrected chi connectivity index (χ0v) is 13.8. The molecule has 1 aliphatic carbocycles. The van der Waals surface area contributed by atoms with E-state index in [4.69, 9.17) is 9.47 Å². The van der Waals surface area contributed by atoms with E-state index < -0.39 is 0 Å². The topological polar surface area (TPSA) is 30.5 Å². The average molecular weight is 291 g/mol. The highest BCUT2D eigenvalue weighted by molar-refractivity contribution is 5.33. The Morgan fingerprint density at radius 1 is 1.29 bits per heavy atom. The van der Waals surface area contributed by atoms with Crippen molar-refractivity contribution in [2.24, 2.45) is 5.41 Å². The Morgan fingerprint density at radius 2 is 2.05 bits per heavy atom. The Kier molecular flexibility index (Phi) is 5.65. The summed E-state index contributed by atoms with van der Waals surface area (Å²) in [5.41, 5.74) is 1.54. The van der Waals surface area contributed by atoms with Crippen molar-refractivity contribution in [2.75, 3.05) is 20.3 Å². The van der Waals surface area contributed by atoms with Crippen molar-refractivity contribution in [2.45, 2.75) is 52.2 Å². The molecule has 0 aliphatic heterocycles. The summed E-state index contributed by atoms with van der Waals surface area (Å²) < 4.78 is 11.3. The SMILES string of the molecule is CCOC1CC(NCCc2ccccc2OC)C1(C)CC. The highest BCUT2D eigenvalue weighted by atomic mass is 16.5. The first kappa shape index (κ1) is 16.3. The average Bonchev–Trinajstić information content (AvgIpc) is 2.52. The zero-order chi connectivity index (χ0) is 15.3. The van der Waals surface area contributed by atoms with E-state index in [2.05, 4.69) is 38.2 Å². The molecule has 3 unspecified atom stereocenters. The van der Waals surface area contributed by atoms with Crippen molar-refractivity contribution < 1.29 is 9.47 Å². The van der Waals surface area contributed by atoms with E-state index in [-0.39, 0.29) is 5.41 Å². The standard InChI is InChI=1S/C18H29NO2/c1-5-18(3)16(13-17(18)21-6-2)19-12-11-14-9-7-8-10-15(14)20-4/h7-10,16-17,19H,5-6,11-13H2,1-4H3. The van der Waals surface area contributed by atoms with Crippen molar-refractivity contribution in [3.8, 4) is 5.75 Å². The van der Waals surface area contributed by atoms with Crippen LogP contribution in [-0.2, 0) is 11.2 Å². The van der Waals surface area contributed by atoms with Crippen molar-refractivity contribution in [1.29, 1.82) is 0 Å². The Morgan fingerprint density at radius 3 is 2.71 bits per heavy atom. The molecule has 1 saturated carbocycles. The summed E-state index contributed by atoms with van der Waals surface area (Å²) in [5, 5.41) is 3.71. The van der Waals surface area contributed by atoms with E-state index in [1.54, 1.807) is 7.11 Å². The van der Waals surface area contributed by atoms with Gasteiger partial charge in [0.25, 0.3) is 0 Å². The van der Waals surface area contributed by atoms with E-state index >= 15 is 0 Å². The lowest BCUT2D eigenvalue weighted by atomic mass is 9.61. The molecule has 0 amide bonds. The molecule has 0 aromatic heterocycles. The van der Waals surface area contributed by atoms with Crippen molar-refractivity contribution in [3.05, 3.63) is 29.8 Å². The Labute approximate surface area is 129 Å². The third-order valence-electron chi connectivity index (χ3n) is 5.09. The van der Waals surface area contributed by atoms with Crippen molar-refractivity contribution in [3.63, 3.8) is 0 Å². The van der Waals surface area contributed by atoms with Gasteiger partial charge in [-0.15, -0.1) is 0 Å². The Hall–Kier alpha value is -1.06. The molecule has 1 aromatic rings. The molecular weight excluding hydrogens is 262 g/mol. The van der Waals surface area contributed by atoms with E-state index in [0.29, 0.717) is 12.1 Å². The van der Waals surface area contributed by atoms with Crippen LogP contribution in [0.1, 0.15) is 39.2 Å². The highest BCUT2D eigenvalue weighted by Gasteiger charge is 2.50. The number of para-hydroxylation sites is 1. The highest BCUT2D eigenvalue weighted by Crippen LogP contribution is 2.45. The minimum atomic E-state index is 0.275. The van der Waals surface area contributed by atoms with Crippen LogP contribution in [0.2, 0.25) is 0 Å². The van der Waals surface area contributed by atoms with E-state index in [9.17, 15) is 0 Å². The van der Waals surface area contributed by atoms with Crippen LogP contribution in [0.5, 0.6) is 5.75 Å². The molecule has 0 saturated heterocycles. The van der Waals surface area contributed by atoms with Crippen LogP contribution in [0.15, 0.2) is 24.3 Å². The Bertz CT molecular complexity index is 449. The fraction of sp³-hybridized carbons (Fsp3) is 0.667. The molecule has 3 heteroatoms. The summed E-state index contributed by atoms with van der Waals surface area (Å²) in [4.78, 5) is 0. The third-order valence-corrected chi connectivity index (χ3v) is 5.09. The van der Waals surface area contributed by atoms with Gasteiger partial charge in [-0.05, 0) is 44.4 Å². The van der Waals surface area contributed by atoms with Crippen LogP contribution in [0.4, 0.5) is 0 Å². The van der Waals surface area contributed by atoms with E-state index in [1.165, 1.54) is 5.56 Å². The molecule has 0 heterocycles. The first-order valence-electron chi connectivity index (χ1n) is 8.12. The first-order chi connectivity index (χ1) is 10.2. The zero-order valence-electron chi connectivity index (χ0n) is 13.8. The smallest absolute Gasteiger partial charge is 0.122 e. The molecule has 3 atom stereocenters. The fourth-order valence-electron chi connectivity index (χ4n) is 3.36. The second kappa shape index (κ2) is 7.28. The molecule has 1 fully saturated rings. The molecule has 21 heavy (non-hydrogen) atoms. The van der Waals surface area contributed by atoms with Gasteiger partial charge in [0, 0.05) is 18.1 Å². The van der Waals surface area contributed by atoms with Crippen LogP contribution < -0.4 is 10.1 Å². The van der Waals surface area contributed by atoms with E-state index in [0.717, 1.165) is 38.2 Å². The summed E-state index contributed by atoms with van der Waals surface area (Å²) in [6.07, 6.45) is 3.70. The summed E-state index contributed by atoms with van der Waals surface area (Å²) in [7, 11) is 1.74. The third kappa shape index (κ3) is 3.41. The maximum Gasteiger partial charge on any atom is 0.122 e. The minimum Gasteiger partial charge on any atom is -0.496 e. The minimum absolute atomic E-state index is 0.275. The lowest BCUT2D eigenvalue weighted by Crippen LogP contribution is -2.62. The quantitative estimate of drug-likeness (QED) is 0.796. The van der Waals surface area contributed by atoms with Gasteiger partial charge in [0.1, 0.15) is 5.75 Å². The predicted octanol–water partition coefficient (Wildman–Crippen LogP) is 3.42. The van der Waals surface area contributed by atoms with Crippen molar-refractivity contribution >= 4 is 0 Å². The van der Waals surface area contributed by atoms with E-state index in [1.807, 2.05) is 12.1 Å². The van der Waals surface area contributed by atoms with Crippen LogP contribution in [-0.4, -0.2) is 32.4 Å². The number of rotatable bonds is 8. The van der Waals surface area contributed by atoms with Gasteiger partial charge in [0.2, 0.25) is 0 Å². The fourth-order valence-corrected chi connectivity index (χ4v) is 3.36. The molecule has 0 radical (unpaired) electrons. The van der Waals surface area contributed by atoms with Gasteiger partial charge in [-0.2, -0.15) is 0 Å². The largest absolute Gasteiger partial charge is 0.496 e. The number of methoxy groups -OCH3 is 1. The molecule has 1 N–H and O–H groups in total. The van der Waals surface area contributed by atoms with Crippen molar-refractivity contribution in [1.82, 2.24) is 5.32 Å². The molecular formula is C18H29NO2. The molecule has 0 bridgehead atoms. The van der Waals surface area contributed by atoms with Crippen LogP contribution in [0, 0.1) is 5.41 Å². The second-order valence-corrected chi connectivity index (χ2v) is 6.11. The van der Waals surface area contributed by atoms with Gasteiger partial charge in [0.05, 0.1) is 13.2 Å². The van der Waals surface area contributed by atoms with Gasteiger partial charge in [-0.25, -0.2) is 0 Å². The first-order valence-corrected chi connectivity index (χ1v) is 8.12. The maximum absolute atomic E-state index is 5.86. The number of hydrogen-bond donors (Lipinski definition) is 1. The van der Waals surface area contributed by atoms with Gasteiger partial charge in [-0.3, -0.25) is 0 Å². The summed E-state index contributed by atoms with van der Waals surface area (Å²) in [5.74, 6) is 0.985. The summed E-state index contributed by atoms with van der Waals surface area (Å²) >= 11 is 0. The second-order valence-electron chi connectivity index (χ2n) is 6.11. The molecule has 1 aromatic carbocycles. The number of nitrogens with one attached hydrogen (secondary N) is 1.